The third kappa shape index (κ3) is 2.37. The van der Waals surface area contributed by atoms with Gasteiger partial charge in [0.2, 0.25) is 0 Å². The van der Waals surface area contributed by atoms with Crippen molar-refractivity contribution in [3.8, 4) is 0 Å². The minimum Gasteiger partial charge on any atom is -0.308 e. The van der Waals surface area contributed by atoms with Gasteiger partial charge in [-0.15, -0.1) is 0 Å². The van der Waals surface area contributed by atoms with E-state index in [-0.39, 0.29) is 0 Å². The number of aromatic nitrogens is 2. The van der Waals surface area contributed by atoms with E-state index >= 15 is 0 Å². The van der Waals surface area contributed by atoms with Gasteiger partial charge in [0, 0.05) is 18.5 Å². The maximum atomic E-state index is 4.26. The predicted molar refractivity (Wildman–Crippen MR) is 65.1 cm³/mol. The lowest BCUT2D eigenvalue weighted by Gasteiger charge is -2.23. The van der Waals surface area contributed by atoms with E-state index in [4.69, 9.17) is 0 Å². The zero-order chi connectivity index (χ0) is 10.7. The quantitative estimate of drug-likeness (QED) is 0.849. The van der Waals surface area contributed by atoms with Gasteiger partial charge in [0.05, 0.1) is 11.7 Å². The molecule has 1 aliphatic rings. The van der Waals surface area contributed by atoms with E-state index in [2.05, 4.69) is 35.2 Å². The molecule has 2 heterocycles. The van der Waals surface area contributed by atoms with Crippen LogP contribution in [0.4, 0.5) is 0 Å². The molecule has 1 aromatic rings. The van der Waals surface area contributed by atoms with E-state index in [1.807, 2.05) is 17.9 Å². The molecule has 1 fully saturated rings. The van der Waals surface area contributed by atoms with Crippen LogP contribution in [0.1, 0.15) is 31.5 Å². The van der Waals surface area contributed by atoms with E-state index in [0.29, 0.717) is 6.04 Å². The Kier molecular flexibility index (Phi) is 3.70. The molecule has 0 spiro atoms. The summed E-state index contributed by atoms with van der Waals surface area (Å²) in [6.45, 7) is 3.19. The summed E-state index contributed by atoms with van der Waals surface area (Å²) in [5, 5.41) is 8.57. The van der Waals surface area contributed by atoms with E-state index < -0.39 is 0 Å². The third-order valence-corrected chi connectivity index (χ3v) is 4.40. The largest absolute Gasteiger partial charge is 0.308 e. The number of thioether (sulfide) groups is 1. The maximum Gasteiger partial charge on any atom is 0.0612 e. The van der Waals surface area contributed by atoms with Crippen LogP contribution in [0.15, 0.2) is 12.3 Å². The number of nitrogens with zero attached hydrogens (tertiary/aromatic N) is 2. The van der Waals surface area contributed by atoms with Gasteiger partial charge in [0.15, 0.2) is 0 Å². The van der Waals surface area contributed by atoms with Crippen molar-refractivity contribution in [1.82, 2.24) is 15.1 Å². The molecule has 1 N–H and O–H groups in total. The van der Waals surface area contributed by atoms with Crippen molar-refractivity contribution in [2.75, 3.05) is 12.3 Å². The molecule has 0 saturated carbocycles. The topological polar surface area (TPSA) is 29.9 Å². The van der Waals surface area contributed by atoms with E-state index in [0.717, 1.165) is 11.8 Å². The van der Waals surface area contributed by atoms with Crippen LogP contribution in [0, 0.1) is 0 Å². The predicted octanol–water partition coefficient (Wildman–Crippen LogP) is 1.97. The van der Waals surface area contributed by atoms with Gasteiger partial charge in [0.1, 0.15) is 0 Å². The molecule has 2 unspecified atom stereocenters. The highest BCUT2D eigenvalue weighted by molar-refractivity contribution is 8.00. The molecule has 84 valence electrons. The van der Waals surface area contributed by atoms with Crippen LogP contribution in [0.5, 0.6) is 0 Å². The molecule has 0 aliphatic carbocycles. The summed E-state index contributed by atoms with van der Waals surface area (Å²) in [6, 6.07) is 2.60. The van der Waals surface area contributed by atoms with Crippen LogP contribution in [-0.4, -0.2) is 27.3 Å². The molecule has 2 atom stereocenters. The number of hydrogen-bond donors (Lipinski definition) is 1. The fraction of sp³-hybridized carbons (Fsp3) is 0.727. The summed E-state index contributed by atoms with van der Waals surface area (Å²) in [5.74, 6) is 1.31. The number of nitrogens with one attached hydrogen (secondary N) is 1. The van der Waals surface area contributed by atoms with Gasteiger partial charge in [0.25, 0.3) is 0 Å². The Bertz CT molecular complexity index is 305. The first-order chi connectivity index (χ1) is 7.33. The third-order valence-electron chi connectivity index (χ3n) is 2.94. The molecule has 15 heavy (non-hydrogen) atoms. The minimum absolute atomic E-state index is 0.468. The second-order valence-electron chi connectivity index (χ2n) is 3.97. The Balaban J connectivity index is 2.15. The first-order valence-electron chi connectivity index (χ1n) is 5.65. The lowest BCUT2D eigenvalue weighted by atomic mass is 10.1. The molecular formula is C11H19N3S. The first kappa shape index (κ1) is 11.0. The van der Waals surface area contributed by atoms with Crippen LogP contribution < -0.4 is 5.32 Å². The molecule has 0 radical (unpaired) electrons. The Morgan fingerprint density at radius 2 is 2.60 bits per heavy atom. The van der Waals surface area contributed by atoms with Crippen LogP contribution in [0.3, 0.4) is 0 Å². The van der Waals surface area contributed by atoms with Gasteiger partial charge in [-0.05, 0) is 31.2 Å². The highest BCUT2D eigenvalue weighted by Gasteiger charge is 2.27. The van der Waals surface area contributed by atoms with E-state index in [1.54, 1.807) is 0 Å². The van der Waals surface area contributed by atoms with E-state index in [1.165, 1.54) is 24.3 Å². The van der Waals surface area contributed by atoms with Crippen molar-refractivity contribution in [2.24, 2.45) is 7.05 Å². The van der Waals surface area contributed by atoms with Crippen LogP contribution in [0.25, 0.3) is 0 Å². The Morgan fingerprint density at radius 1 is 1.73 bits per heavy atom. The average molecular weight is 225 g/mol. The zero-order valence-electron chi connectivity index (χ0n) is 9.44. The normalized spacial score (nSPS) is 23.2. The van der Waals surface area contributed by atoms with Crippen molar-refractivity contribution in [1.29, 1.82) is 0 Å². The van der Waals surface area contributed by atoms with Gasteiger partial charge in [-0.1, -0.05) is 6.92 Å². The van der Waals surface area contributed by atoms with Gasteiger partial charge in [-0.2, -0.15) is 16.9 Å². The Hall–Kier alpha value is -0.480. The standard InChI is InChI=1S/C11H19N3S/c1-3-12-11(10-5-4-8-15-10)9-6-7-13-14(9)2/h6-7,10-12H,3-5,8H2,1-2H3. The molecule has 2 rings (SSSR count). The zero-order valence-corrected chi connectivity index (χ0v) is 10.3. The van der Waals surface area contributed by atoms with Crippen LogP contribution in [-0.2, 0) is 7.05 Å². The van der Waals surface area contributed by atoms with Gasteiger partial charge in [-0.25, -0.2) is 0 Å². The molecule has 0 amide bonds. The van der Waals surface area contributed by atoms with Gasteiger partial charge in [-0.3, -0.25) is 4.68 Å². The van der Waals surface area contributed by atoms with Crippen molar-refractivity contribution < 1.29 is 0 Å². The molecule has 4 heteroatoms. The summed E-state index contributed by atoms with van der Waals surface area (Å²) in [6.07, 6.45) is 4.57. The molecule has 1 aliphatic heterocycles. The number of aryl methyl sites for hydroxylation is 1. The van der Waals surface area contributed by atoms with Crippen LogP contribution >= 0.6 is 11.8 Å². The van der Waals surface area contributed by atoms with Crippen molar-refractivity contribution in [3.05, 3.63) is 18.0 Å². The van der Waals surface area contributed by atoms with Crippen molar-refractivity contribution >= 4 is 11.8 Å². The molecule has 3 nitrogen and oxygen atoms in total. The second kappa shape index (κ2) is 5.03. The lowest BCUT2D eigenvalue weighted by Crippen LogP contribution is -2.30. The average Bonchev–Trinajstić information content (AvgIpc) is 2.85. The SMILES string of the molecule is CCNC(c1ccnn1C)C1CCCS1. The summed E-state index contributed by atoms with van der Waals surface area (Å²) in [4.78, 5) is 0. The molecule has 0 aromatic carbocycles. The van der Waals surface area contributed by atoms with Crippen molar-refractivity contribution in [2.45, 2.75) is 31.1 Å². The van der Waals surface area contributed by atoms with E-state index in [9.17, 15) is 0 Å². The number of rotatable bonds is 4. The molecular weight excluding hydrogens is 206 g/mol. The number of hydrogen-bond acceptors (Lipinski definition) is 3. The fourth-order valence-corrected chi connectivity index (χ4v) is 3.60. The summed E-state index contributed by atoms with van der Waals surface area (Å²) in [5.41, 5.74) is 1.32. The summed E-state index contributed by atoms with van der Waals surface area (Å²) in [7, 11) is 2.03. The lowest BCUT2D eigenvalue weighted by molar-refractivity contribution is 0.485. The molecule has 1 aromatic heterocycles. The Labute approximate surface area is 95.6 Å². The first-order valence-corrected chi connectivity index (χ1v) is 6.70. The highest BCUT2D eigenvalue weighted by atomic mass is 32.2. The van der Waals surface area contributed by atoms with Crippen molar-refractivity contribution in [3.63, 3.8) is 0 Å². The molecule has 0 bridgehead atoms. The summed E-state index contributed by atoms with van der Waals surface area (Å²) >= 11 is 2.09. The summed E-state index contributed by atoms with van der Waals surface area (Å²) < 4.78 is 1.99. The highest BCUT2D eigenvalue weighted by Crippen LogP contribution is 2.35. The minimum atomic E-state index is 0.468. The molecule has 1 saturated heterocycles. The second-order valence-corrected chi connectivity index (χ2v) is 5.31. The fourth-order valence-electron chi connectivity index (χ4n) is 2.20. The smallest absolute Gasteiger partial charge is 0.0612 e. The van der Waals surface area contributed by atoms with Crippen LogP contribution in [0.2, 0.25) is 0 Å². The van der Waals surface area contributed by atoms with Gasteiger partial charge >= 0.3 is 0 Å². The maximum absolute atomic E-state index is 4.26. The monoisotopic (exact) mass is 225 g/mol. The van der Waals surface area contributed by atoms with Gasteiger partial charge < -0.3 is 5.32 Å². The Morgan fingerprint density at radius 3 is 3.13 bits per heavy atom.